The molecular formula is C21H31F3NO6P. The molecule has 1 aromatic rings. The Morgan fingerprint density at radius 2 is 1.53 bits per heavy atom. The van der Waals surface area contributed by atoms with E-state index in [0.29, 0.717) is 5.56 Å². The highest BCUT2D eigenvalue weighted by atomic mass is 31.2. The van der Waals surface area contributed by atoms with Crippen molar-refractivity contribution in [2.45, 2.75) is 71.4 Å². The van der Waals surface area contributed by atoms with Crippen molar-refractivity contribution in [2.24, 2.45) is 0 Å². The minimum absolute atomic E-state index is 0.0137. The molecule has 182 valence electrons. The third-order valence-electron chi connectivity index (χ3n) is 4.17. The van der Waals surface area contributed by atoms with Crippen LogP contribution in [0.3, 0.4) is 0 Å². The SMILES string of the molecule is CCOP(=O)(OCC)C(CC(=O)NC(C)c1ccc(C(F)(F)F)cc1)C(=O)OC(C)(C)C. The molecule has 2 unspecified atom stereocenters. The number of nitrogens with one attached hydrogen (secondary N) is 1. The number of carbonyl (C=O) groups excluding carboxylic acids is 2. The van der Waals surface area contributed by atoms with E-state index in [1.54, 1.807) is 41.5 Å². The molecule has 0 aliphatic carbocycles. The fourth-order valence-corrected chi connectivity index (χ4v) is 4.65. The number of ether oxygens (including phenoxy) is 1. The maximum absolute atomic E-state index is 13.2. The van der Waals surface area contributed by atoms with Gasteiger partial charge in [0.05, 0.1) is 31.2 Å². The molecule has 2 atom stereocenters. The normalized spacial score (nSPS) is 14.5. The Morgan fingerprint density at radius 3 is 1.94 bits per heavy atom. The molecule has 7 nitrogen and oxygen atoms in total. The summed E-state index contributed by atoms with van der Waals surface area (Å²) >= 11 is 0. The lowest BCUT2D eigenvalue weighted by molar-refractivity contribution is -0.155. The number of halogens is 3. The number of amides is 1. The lowest BCUT2D eigenvalue weighted by Gasteiger charge is -2.28. The van der Waals surface area contributed by atoms with Gasteiger partial charge in [0.25, 0.3) is 0 Å². The van der Waals surface area contributed by atoms with E-state index in [9.17, 15) is 27.3 Å². The van der Waals surface area contributed by atoms with E-state index in [1.165, 1.54) is 12.1 Å². The van der Waals surface area contributed by atoms with Crippen LogP contribution >= 0.6 is 7.60 Å². The first kappa shape index (κ1) is 28.1. The second kappa shape index (κ2) is 11.3. The van der Waals surface area contributed by atoms with Gasteiger partial charge in [-0.2, -0.15) is 13.2 Å². The monoisotopic (exact) mass is 481 g/mol. The van der Waals surface area contributed by atoms with Crippen molar-refractivity contribution in [1.29, 1.82) is 0 Å². The third-order valence-corrected chi connectivity index (χ3v) is 6.57. The van der Waals surface area contributed by atoms with Gasteiger partial charge in [0.2, 0.25) is 5.91 Å². The van der Waals surface area contributed by atoms with Gasteiger partial charge in [0.15, 0.2) is 5.66 Å². The van der Waals surface area contributed by atoms with Crippen LogP contribution in [0.2, 0.25) is 0 Å². The fraction of sp³-hybridized carbons (Fsp3) is 0.619. The first-order valence-corrected chi connectivity index (χ1v) is 11.8. The van der Waals surface area contributed by atoms with E-state index in [0.717, 1.165) is 12.1 Å². The number of carbonyl (C=O) groups is 2. The number of alkyl halides is 3. The number of esters is 1. The number of hydrogen-bond donors (Lipinski definition) is 1. The van der Waals surface area contributed by atoms with E-state index in [1.807, 2.05) is 0 Å². The Bertz CT molecular complexity index is 810. The molecule has 0 spiro atoms. The fourth-order valence-electron chi connectivity index (χ4n) is 2.79. The summed E-state index contributed by atoms with van der Waals surface area (Å²) in [5, 5.41) is 2.60. The summed E-state index contributed by atoms with van der Waals surface area (Å²) in [6.07, 6.45) is -5.01. The predicted molar refractivity (Wildman–Crippen MR) is 113 cm³/mol. The molecule has 1 aromatic carbocycles. The van der Waals surface area contributed by atoms with Crippen LogP contribution in [0.25, 0.3) is 0 Å². The Labute approximate surface area is 186 Å². The maximum atomic E-state index is 13.2. The Morgan fingerprint density at radius 1 is 1.03 bits per heavy atom. The lowest BCUT2D eigenvalue weighted by Crippen LogP contribution is -2.37. The van der Waals surface area contributed by atoms with Gasteiger partial charge in [-0.15, -0.1) is 0 Å². The van der Waals surface area contributed by atoms with Crippen molar-refractivity contribution in [3.05, 3.63) is 35.4 Å². The minimum atomic E-state index is -4.47. The van der Waals surface area contributed by atoms with Crippen molar-refractivity contribution < 1.29 is 41.1 Å². The number of hydrogen-bond acceptors (Lipinski definition) is 6. The molecule has 0 aromatic heterocycles. The highest BCUT2D eigenvalue weighted by molar-refractivity contribution is 7.55. The second-order valence-electron chi connectivity index (χ2n) is 8.04. The van der Waals surface area contributed by atoms with E-state index in [2.05, 4.69) is 5.32 Å². The van der Waals surface area contributed by atoms with Gasteiger partial charge in [-0.1, -0.05) is 12.1 Å². The van der Waals surface area contributed by atoms with Crippen molar-refractivity contribution in [2.75, 3.05) is 13.2 Å². The molecule has 11 heteroatoms. The Kier molecular flexibility index (Phi) is 9.93. The molecule has 0 bridgehead atoms. The highest BCUT2D eigenvalue weighted by Crippen LogP contribution is 2.55. The summed E-state index contributed by atoms with van der Waals surface area (Å²) in [6, 6.07) is 3.68. The number of benzene rings is 1. The van der Waals surface area contributed by atoms with Gasteiger partial charge in [0, 0.05) is 0 Å². The zero-order valence-corrected chi connectivity index (χ0v) is 20.0. The molecule has 0 fully saturated rings. The second-order valence-corrected chi connectivity index (χ2v) is 10.3. The largest absolute Gasteiger partial charge is 0.459 e. The van der Waals surface area contributed by atoms with Crippen LogP contribution in [0.4, 0.5) is 13.2 Å². The average molecular weight is 481 g/mol. The van der Waals surface area contributed by atoms with E-state index < -0.39 is 54.9 Å². The van der Waals surface area contributed by atoms with Crippen LogP contribution in [-0.2, 0) is 34.1 Å². The molecule has 0 aliphatic heterocycles. The zero-order chi connectivity index (χ0) is 24.7. The van der Waals surface area contributed by atoms with Crippen molar-refractivity contribution >= 4 is 19.5 Å². The van der Waals surface area contributed by atoms with Crippen LogP contribution in [-0.4, -0.2) is 36.4 Å². The summed E-state index contributed by atoms with van der Waals surface area (Å²) < 4.78 is 67.3. The van der Waals surface area contributed by atoms with Crippen LogP contribution in [0.15, 0.2) is 24.3 Å². The van der Waals surface area contributed by atoms with Gasteiger partial charge < -0.3 is 19.1 Å². The van der Waals surface area contributed by atoms with Crippen LogP contribution in [0, 0.1) is 0 Å². The summed E-state index contributed by atoms with van der Waals surface area (Å²) in [5.41, 5.74) is -2.78. The summed E-state index contributed by atoms with van der Waals surface area (Å²) in [6.45, 7) is 9.58. The maximum Gasteiger partial charge on any atom is 0.416 e. The van der Waals surface area contributed by atoms with Crippen molar-refractivity contribution in [3.63, 3.8) is 0 Å². The van der Waals surface area contributed by atoms with Gasteiger partial charge >= 0.3 is 19.7 Å². The van der Waals surface area contributed by atoms with Gasteiger partial charge in [0.1, 0.15) is 5.60 Å². The quantitative estimate of drug-likeness (QED) is 0.363. The molecular weight excluding hydrogens is 450 g/mol. The first-order chi connectivity index (χ1) is 14.6. The molecule has 1 amide bonds. The van der Waals surface area contributed by atoms with E-state index in [-0.39, 0.29) is 13.2 Å². The van der Waals surface area contributed by atoms with Crippen LogP contribution in [0.1, 0.15) is 65.1 Å². The smallest absolute Gasteiger partial charge is 0.416 e. The molecule has 1 rings (SSSR count). The van der Waals surface area contributed by atoms with Crippen LogP contribution < -0.4 is 5.32 Å². The standard InChI is InChI=1S/C21H31F3NO6P/c1-7-29-32(28,30-8-2)17(19(27)31-20(4,5)6)13-18(26)25-14(3)15-9-11-16(12-10-15)21(22,23)24/h9-12,14,17H,7-8,13H2,1-6H3,(H,25,26). The number of rotatable bonds is 10. The summed E-state index contributed by atoms with van der Waals surface area (Å²) in [5.74, 6) is -1.56. The molecule has 0 saturated carbocycles. The van der Waals surface area contributed by atoms with E-state index >= 15 is 0 Å². The topological polar surface area (TPSA) is 90.9 Å². The van der Waals surface area contributed by atoms with Gasteiger partial charge in [-0.25, -0.2) is 0 Å². The molecule has 32 heavy (non-hydrogen) atoms. The summed E-state index contributed by atoms with van der Waals surface area (Å²) in [7, 11) is -4.03. The molecule has 0 saturated heterocycles. The molecule has 1 N–H and O–H groups in total. The summed E-state index contributed by atoms with van der Waals surface area (Å²) in [4.78, 5) is 25.4. The minimum Gasteiger partial charge on any atom is -0.459 e. The third kappa shape index (κ3) is 8.56. The lowest BCUT2D eigenvalue weighted by atomic mass is 10.1. The Balaban J connectivity index is 3.04. The Hall–Kier alpha value is -1.90. The van der Waals surface area contributed by atoms with E-state index in [4.69, 9.17) is 13.8 Å². The van der Waals surface area contributed by atoms with Crippen LogP contribution in [0.5, 0.6) is 0 Å². The first-order valence-electron chi connectivity index (χ1n) is 10.2. The van der Waals surface area contributed by atoms with Crippen molar-refractivity contribution in [3.8, 4) is 0 Å². The molecule has 0 aliphatic rings. The average Bonchev–Trinajstić information content (AvgIpc) is 2.64. The molecule has 0 radical (unpaired) electrons. The predicted octanol–water partition coefficient (Wildman–Crippen LogP) is 5.25. The van der Waals surface area contributed by atoms with Crippen molar-refractivity contribution in [1.82, 2.24) is 5.32 Å². The highest BCUT2D eigenvalue weighted by Gasteiger charge is 2.45. The molecule has 0 heterocycles. The van der Waals surface area contributed by atoms with Gasteiger partial charge in [-0.05, 0) is 59.2 Å². The zero-order valence-electron chi connectivity index (χ0n) is 19.1. The van der Waals surface area contributed by atoms with Gasteiger partial charge in [-0.3, -0.25) is 14.2 Å².